The number of aliphatic hydroxyl groups excluding tert-OH is 2. The van der Waals surface area contributed by atoms with Gasteiger partial charge in [-0.25, -0.2) is 0 Å². The van der Waals surface area contributed by atoms with Gasteiger partial charge in [-0.3, -0.25) is 4.79 Å². The normalized spacial score (nSPS) is 26.7. The van der Waals surface area contributed by atoms with Crippen LogP contribution in [-0.2, 0) is 14.2 Å². The van der Waals surface area contributed by atoms with Crippen molar-refractivity contribution in [3.05, 3.63) is 35.9 Å². The zero-order valence-electron chi connectivity index (χ0n) is 11.8. The number of methoxy groups -OCH3 is 1. The number of benzene rings is 1. The molecule has 0 amide bonds. The summed E-state index contributed by atoms with van der Waals surface area (Å²) in [5.41, 5.74) is 0.409. The fourth-order valence-corrected chi connectivity index (χ4v) is 2.21. The molecule has 1 fully saturated rings. The van der Waals surface area contributed by atoms with E-state index in [4.69, 9.17) is 14.2 Å². The van der Waals surface area contributed by atoms with Crippen LogP contribution < -0.4 is 0 Å². The molecule has 0 saturated carbocycles. The zero-order chi connectivity index (χ0) is 15.2. The van der Waals surface area contributed by atoms with Gasteiger partial charge < -0.3 is 24.4 Å². The number of ketones is 1. The summed E-state index contributed by atoms with van der Waals surface area (Å²) in [6.45, 7) is 0.649. The third-order valence-electron chi connectivity index (χ3n) is 3.35. The molecule has 0 aromatic heterocycles. The van der Waals surface area contributed by atoms with Gasteiger partial charge >= 0.3 is 0 Å². The van der Waals surface area contributed by atoms with E-state index in [0.717, 1.165) is 0 Å². The van der Waals surface area contributed by atoms with Crippen molar-refractivity contribution >= 4 is 5.78 Å². The van der Waals surface area contributed by atoms with Gasteiger partial charge in [0.15, 0.2) is 12.1 Å². The molecule has 116 valence electrons. The van der Waals surface area contributed by atoms with Crippen LogP contribution >= 0.6 is 0 Å². The van der Waals surface area contributed by atoms with E-state index in [2.05, 4.69) is 0 Å². The number of hydrogen-bond acceptors (Lipinski definition) is 6. The summed E-state index contributed by atoms with van der Waals surface area (Å²) in [6.07, 6.45) is -3.66. The lowest BCUT2D eigenvalue weighted by Gasteiger charge is -2.18. The van der Waals surface area contributed by atoms with Crippen molar-refractivity contribution in [3.8, 4) is 0 Å². The third-order valence-corrected chi connectivity index (χ3v) is 3.35. The molecule has 1 aromatic rings. The van der Waals surface area contributed by atoms with Crippen LogP contribution in [0.4, 0.5) is 0 Å². The number of aliphatic hydroxyl groups is 2. The first-order valence-corrected chi connectivity index (χ1v) is 6.85. The molecule has 0 bridgehead atoms. The quantitative estimate of drug-likeness (QED) is 0.558. The van der Waals surface area contributed by atoms with E-state index >= 15 is 0 Å². The van der Waals surface area contributed by atoms with Crippen molar-refractivity contribution in [1.82, 2.24) is 0 Å². The van der Waals surface area contributed by atoms with Gasteiger partial charge in [-0.2, -0.15) is 0 Å². The molecule has 1 heterocycles. The smallest absolute Gasteiger partial charge is 0.193 e. The molecule has 0 aliphatic carbocycles. The molecule has 0 radical (unpaired) electrons. The Kier molecular flexibility index (Phi) is 5.84. The predicted molar refractivity (Wildman–Crippen MR) is 73.9 cm³/mol. The second kappa shape index (κ2) is 7.63. The number of Topliss-reactive ketones (excluding diaryl/α,β-unsaturated/α-hetero) is 1. The molecular formula is C15H20O6. The summed E-state index contributed by atoms with van der Waals surface area (Å²) in [5, 5.41) is 20.0. The van der Waals surface area contributed by atoms with Gasteiger partial charge in [0.05, 0.1) is 19.3 Å². The Morgan fingerprint density at radius 2 is 2.10 bits per heavy atom. The average molecular weight is 296 g/mol. The van der Waals surface area contributed by atoms with Crippen LogP contribution in [0.15, 0.2) is 30.3 Å². The summed E-state index contributed by atoms with van der Waals surface area (Å²) in [5.74, 6) is -0.426. The fraction of sp³-hybridized carbons (Fsp3) is 0.533. The number of hydrogen-bond donors (Lipinski definition) is 2. The van der Waals surface area contributed by atoms with Crippen LogP contribution in [-0.4, -0.2) is 60.9 Å². The van der Waals surface area contributed by atoms with E-state index < -0.39 is 30.4 Å². The van der Waals surface area contributed by atoms with E-state index in [9.17, 15) is 15.0 Å². The van der Waals surface area contributed by atoms with E-state index in [0.29, 0.717) is 12.2 Å². The molecule has 6 heteroatoms. The Balaban J connectivity index is 1.92. The van der Waals surface area contributed by atoms with Crippen LogP contribution in [0.1, 0.15) is 16.8 Å². The van der Waals surface area contributed by atoms with Gasteiger partial charge in [-0.05, 0) is 0 Å². The highest BCUT2D eigenvalue weighted by Crippen LogP contribution is 2.25. The molecule has 1 unspecified atom stereocenters. The SMILES string of the molecule is COCCO[C@H]1O[C@H](C(O)C(=O)c2ccccc2)C[C@H]1O. The van der Waals surface area contributed by atoms with Gasteiger partial charge in [0.1, 0.15) is 12.2 Å². The maximum Gasteiger partial charge on any atom is 0.193 e. The van der Waals surface area contributed by atoms with Crippen molar-refractivity contribution in [1.29, 1.82) is 0 Å². The largest absolute Gasteiger partial charge is 0.388 e. The van der Waals surface area contributed by atoms with Crippen molar-refractivity contribution < 1.29 is 29.2 Å². The average Bonchev–Trinajstić information content (AvgIpc) is 2.88. The second-order valence-electron chi connectivity index (χ2n) is 4.88. The number of carbonyl (C=O) groups is 1. The molecule has 1 aliphatic heterocycles. The Hall–Kier alpha value is -1.31. The molecule has 21 heavy (non-hydrogen) atoms. The molecule has 4 atom stereocenters. The van der Waals surface area contributed by atoms with E-state index in [1.807, 2.05) is 0 Å². The molecule has 1 aromatic carbocycles. The van der Waals surface area contributed by atoms with Gasteiger partial charge in [-0.15, -0.1) is 0 Å². The van der Waals surface area contributed by atoms with Gasteiger partial charge in [-0.1, -0.05) is 30.3 Å². The molecule has 1 aliphatic rings. The van der Waals surface area contributed by atoms with Crippen LogP contribution in [0.3, 0.4) is 0 Å². The predicted octanol–water partition coefficient (Wildman–Crippen LogP) is 0.369. The topological polar surface area (TPSA) is 85.2 Å². The standard InChI is InChI=1S/C15H20O6/c1-19-7-8-20-15-11(16)9-12(21-15)14(18)13(17)10-5-3-2-4-6-10/h2-6,11-12,14-16,18H,7-9H2,1H3/t11-,12+,14?,15+/m1/s1. The number of carbonyl (C=O) groups excluding carboxylic acids is 1. The number of rotatable bonds is 7. The fourth-order valence-electron chi connectivity index (χ4n) is 2.21. The maximum absolute atomic E-state index is 12.1. The Labute approximate surface area is 123 Å². The first-order valence-electron chi connectivity index (χ1n) is 6.85. The second-order valence-corrected chi connectivity index (χ2v) is 4.88. The lowest BCUT2D eigenvalue weighted by Crippen LogP contribution is -2.34. The van der Waals surface area contributed by atoms with Crippen LogP contribution in [0.2, 0.25) is 0 Å². The highest BCUT2D eigenvalue weighted by molar-refractivity contribution is 5.99. The lowest BCUT2D eigenvalue weighted by molar-refractivity contribution is -0.178. The molecule has 6 nitrogen and oxygen atoms in total. The zero-order valence-corrected chi connectivity index (χ0v) is 11.8. The summed E-state index contributed by atoms with van der Waals surface area (Å²) >= 11 is 0. The molecular weight excluding hydrogens is 276 g/mol. The highest BCUT2D eigenvalue weighted by atomic mass is 16.7. The van der Waals surface area contributed by atoms with Crippen LogP contribution in [0, 0.1) is 0 Å². The molecule has 2 rings (SSSR count). The summed E-state index contributed by atoms with van der Waals surface area (Å²) in [6, 6.07) is 8.49. The van der Waals surface area contributed by atoms with Crippen LogP contribution in [0.5, 0.6) is 0 Å². The Morgan fingerprint density at radius 3 is 2.76 bits per heavy atom. The Bertz CT molecular complexity index is 449. The van der Waals surface area contributed by atoms with Crippen LogP contribution in [0.25, 0.3) is 0 Å². The maximum atomic E-state index is 12.1. The highest BCUT2D eigenvalue weighted by Gasteiger charge is 2.40. The summed E-state index contributed by atoms with van der Waals surface area (Å²) < 4.78 is 15.6. The molecule has 0 spiro atoms. The van der Waals surface area contributed by atoms with E-state index in [-0.39, 0.29) is 13.0 Å². The van der Waals surface area contributed by atoms with Crippen molar-refractivity contribution in [2.75, 3.05) is 20.3 Å². The lowest BCUT2D eigenvalue weighted by atomic mass is 10.00. The third kappa shape index (κ3) is 4.09. The summed E-state index contributed by atoms with van der Waals surface area (Å²) in [7, 11) is 1.54. The summed E-state index contributed by atoms with van der Waals surface area (Å²) in [4.78, 5) is 12.1. The van der Waals surface area contributed by atoms with Crippen molar-refractivity contribution in [2.24, 2.45) is 0 Å². The van der Waals surface area contributed by atoms with Crippen molar-refractivity contribution in [3.63, 3.8) is 0 Å². The van der Waals surface area contributed by atoms with Gasteiger partial charge in [0, 0.05) is 19.1 Å². The Morgan fingerprint density at radius 1 is 1.38 bits per heavy atom. The molecule has 1 saturated heterocycles. The van der Waals surface area contributed by atoms with Gasteiger partial charge in [0.25, 0.3) is 0 Å². The minimum atomic E-state index is -1.32. The van der Waals surface area contributed by atoms with E-state index in [1.165, 1.54) is 0 Å². The molecule has 2 N–H and O–H groups in total. The minimum absolute atomic E-state index is 0.150. The van der Waals surface area contributed by atoms with E-state index in [1.54, 1.807) is 37.4 Å². The monoisotopic (exact) mass is 296 g/mol. The van der Waals surface area contributed by atoms with Crippen molar-refractivity contribution in [2.45, 2.75) is 31.0 Å². The first-order chi connectivity index (χ1) is 10.1. The number of ether oxygens (including phenoxy) is 3. The minimum Gasteiger partial charge on any atom is -0.388 e. The van der Waals surface area contributed by atoms with Gasteiger partial charge in [0.2, 0.25) is 0 Å². The first kappa shape index (κ1) is 16.1.